The van der Waals surface area contributed by atoms with Gasteiger partial charge in [0.05, 0.1) is 5.69 Å². The summed E-state index contributed by atoms with van der Waals surface area (Å²) in [5.74, 6) is 0.150. The van der Waals surface area contributed by atoms with Crippen LogP contribution in [0.1, 0.15) is 32.3 Å². The molecular weight excluding hydrogens is 246 g/mol. The number of hydrogen-bond acceptors (Lipinski definition) is 2. The van der Waals surface area contributed by atoms with Gasteiger partial charge in [-0.25, -0.2) is 8.78 Å². The molecule has 1 saturated heterocycles. The Balaban J connectivity index is 1.97. The number of piperidine rings is 1. The molecule has 0 saturated carbocycles. The zero-order valence-electron chi connectivity index (χ0n) is 11.6. The highest BCUT2D eigenvalue weighted by Crippen LogP contribution is 2.27. The minimum absolute atomic E-state index is 0.370. The Bertz CT molecular complexity index is 421. The third-order valence-corrected chi connectivity index (χ3v) is 3.64. The van der Waals surface area contributed by atoms with E-state index in [1.807, 2.05) is 0 Å². The van der Waals surface area contributed by atoms with Crippen LogP contribution in [0.25, 0.3) is 0 Å². The van der Waals surface area contributed by atoms with E-state index in [4.69, 9.17) is 0 Å². The summed E-state index contributed by atoms with van der Waals surface area (Å²) in [4.78, 5) is 0. The maximum atomic E-state index is 13.9. The molecule has 0 bridgehead atoms. The molecule has 0 aromatic heterocycles. The number of hydrogen-bond donors (Lipinski definition) is 2. The van der Waals surface area contributed by atoms with Crippen molar-refractivity contribution in [3.05, 3.63) is 29.6 Å². The Labute approximate surface area is 113 Å². The molecule has 2 rings (SSSR count). The average molecular weight is 268 g/mol. The molecule has 1 aromatic rings. The minimum Gasteiger partial charge on any atom is -0.382 e. The first-order chi connectivity index (χ1) is 8.97. The normalized spacial score (nSPS) is 20.3. The number of alkyl halides is 1. The summed E-state index contributed by atoms with van der Waals surface area (Å²) < 4.78 is 27.6. The van der Waals surface area contributed by atoms with Gasteiger partial charge in [0.15, 0.2) is 0 Å². The zero-order chi connectivity index (χ0) is 13.9. The van der Waals surface area contributed by atoms with Crippen LogP contribution in [-0.4, -0.2) is 19.6 Å². The highest BCUT2D eigenvalue weighted by Gasteiger charge is 2.20. The largest absolute Gasteiger partial charge is 0.382 e. The minimum atomic E-state index is -1.51. The Kier molecular flexibility index (Phi) is 4.40. The van der Waals surface area contributed by atoms with E-state index >= 15 is 0 Å². The fourth-order valence-corrected chi connectivity index (χ4v) is 2.38. The van der Waals surface area contributed by atoms with E-state index in [9.17, 15) is 8.78 Å². The molecule has 2 nitrogen and oxygen atoms in total. The predicted octanol–water partition coefficient (Wildman–Crippen LogP) is 3.44. The van der Waals surface area contributed by atoms with Crippen LogP contribution in [0.15, 0.2) is 18.2 Å². The van der Waals surface area contributed by atoms with Crippen molar-refractivity contribution in [3.8, 4) is 0 Å². The molecule has 1 fully saturated rings. The van der Waals surface area contributed by atoms with Gasteiger partial charge in [-0.3, -0.25) is 0 Å². The fraction of sp³-hybridized carbons (Fsp3) is 0.600. The smallest absolute Gasteiger partial charge is 0.146 e. The molecule has 106 valence electrons. The lowest BCUT2D eigenvalue weighted by atomic mass is 9.98. The molecule has 19 heavy (non-hydrogen) atoms. The van der Waals surface area contributed by atoms with Crippen LogP contribution in [-0.2, 0) is 5.67 Å². The van der Waals surface area contributed by atoms with Crippen LogP contribution in [0.4, 0.5) is 14.5 Å². The van der Waals surface area contributed by atoms with E-state index in [1.165, 1.54) is 26.3 Å². The summed E-state index contributed by atoms with van der Waals surface area (Å²) in [5.41, 5.74) is -0.680. The van der Waals surface area contributed by atoms with Crippen molar-refractivity contribution in [2.75, 3.05) is 25.0 Å². The van der Waals surface area contributed by atoms with Crippen LogP contribution in [0, 0.1) is 11.7 Å². The van der Waals surface area contributed by atoms with Crippen LogP contribution in [0.2, 0.25) is 0 Å². The Hall–Kier alpha value is -1.16. The van der Waals surface area contributed by atoms with E-state index in [2.05, 4.69) is 10.6 Å². The van der Waals surface area contributed by atoms with Gasteiger partial charge in [0, 0.05) is 6.54 Å². The first-order valence-corrected chi connectivity index (χ1v) is 6.90. The van der Waals surface area contributed by atoms with Gasteiger partial charge in [-0.15, -0.1) is 0 Å². The lowest BCUT2D eigenvalue weighted by Gasteiger charge is -2.23. The SMILES string of the molecule is CC(C)(F)c1ccc(NCC2CCCNC2)c(F)c1. The van der Waals surface area contributed by atoms with Crippen LogP contribution in [0.3, 0.4) is 0 Å². The number of nitrogens with one attached hydrogen (secondary N) is 2. The van der Waals surface area contributed by atoms with Crippen LogP contribution in [0.5, 0.6) is 0 Å². The maximum Gasteiger partial charge on any atom is 0.146 e. The lowest BCUT2D eigenvalue weighted by molar-refractivity contribution is 0.221. The molecule has 0 spiro atoms. The van der Waals surface area contributed by atoms with Gasteiger partial charge in [-0.05, 0) is 63.4 Å². The maximum absolute atomic E-state index is 13.9. The third kappa shape index (κ3) is 3.90. The van der Waals surface area contributed by atoms with Crippen molar-refractivity contribution in [1.82, 2.24) is 5.32 Å². The van der Waals surface area contributed by atoms with Crippen molar-refractivity contribution in [2.45, 2.75) is 32.4 Å². The van der Waals surface area contributed by atoms with Crippen LogP contribution >= 0.6 is 0 Å². The van der Waals surface area contributed by atoms with Crippen molar-refractivity contribution in [1.29, 1.82) is 0 Å². The predicted molar refractivity (Wildman–Crippen MR) is 74.6 cm³/mol. The zero-order valence-corrected chi connectivity index (χ0v) is 11.6. The molecule has 1 heterocycles. The summed E-state index contributed by atoms with van der Waals surface area (Å²) in [6.07, 6.45) is 2.33. The van der Waals surface area contributed by atoms with Gasteiger partial charge in [-0.1, -0.05) is 6.07 Å². The number of rotatable bonds is 4. The molecule has 1 aliphatic rings. The second-order valence-electron chi connectivity index (χ2n) is 5.76. The van der Waals surface area contributed by atoms with Gasteiger partial charge >= 0.3 is 0 Å². The number of benzene rings is 1. The number of halogens is 2. The molecule has 4 heteroatoms. The van der Waals surface area contributed by atoms with Gasteiger partial charge in [0.2, 0.25) is 0 Å². The first kappa shape index (κ1) is 14.3. The van der Waals surface area contributed by atoms with Crippen LogP contribution < -0.4 is 10.6 Å². The summed E-state index contributed by atoms with van der Waals surface area (Å²) in [6.45, 7) is 5.67. The summed E-state index contributed by atoms with van der Waals surface area (Å²) in [6, 6.07) is 4.55. The van der Waals surface area contributed by atoms with E-state index in [0.29, 0.717) is 17.2 Å². The topological polar surface area (TPSA) is 24.1 Å². The molecule has 1 aliphatic heterocycles. The molecule has 0 radical (unpaired) electrons. The van der Waals surface area contributed by atoms with E-state index in [-0.39, 0.29) is 5.82 Å². The lowest BCUT2D eigenvalue weighted by Crippen LogP contribution is -2.33. The van der Waals surface area contributed by atoms with E-state index in [0.717, 1.165) is 26.1 Å². The molecule has 0 aliphatic carbocycles. The molecule has 1 unspecified atom stereocenters. The Morgan fingerprint density at radius 1 is 1.42 bits per heavy atom. The van der Waals surface area contributed by atoms with E-state index < -0.39 is 5.67 Å². The summed E-state index contributed by atoms with van der Waals surface area (Å²) >= 11 is 0. The van der Waals surface area contributed by atoms with E-state index in [1.54, 1.807) is 12.1 Å². The van der Waals surface area contributed by atoms with Crippen molar-refractivity contribution >= 4 is 5.69 Å². The highest BCUT2D eigenvalue weighted by molar-refractivity contribution is 5.47. The van der Waals surface area contributed by atoms with Gasteiger partial charge in [0.25, 0.3) is 0 Å². The third-order valence-electron chi connectivity index (χ3n) is 3.64. The fourth-order valence-electron chi connectivity index (χ4n) is 2.38. The molecule has 0 amide bonds. The molecule has 2 N–H and O–H groups in total. The number of anilines is 1. The molecule has 1 atom stereocenters. The monoisotopic (exact) mass is 268 g/mol. The van der Waals surface area contributed by atoms with Crippen molar-refractivity contribution < 1.29 is 8.78 Å². The standard InChI is InChI=1S/C15H22F2N2/c1-15(2,17)12-5-6-14(13(16)8-12)19-10-11-4-3-7-18-9-11/h5-6,8,11,18-19H,3-4,7,9-10H2,1-2H3. The van der Waals surface area contributed by atoms with Gasteiger partial charge in [-0.2, -0.15) is 0 Å². The molecular formula is C15H22F2N2. The Morgan fingerprint density at radius 3 is 2.79 bits per heavy atom. The Morgan fingerprint density at radius 2 is 2.21 bits per heavy atom. The second-order valence-corrected chi connectivity index (χ2v) is 5.76. The summed E-state index contributed by atoms with van der Waals surface area (Å²) in [5, 5.41) is 6.46. The quantitative estimate of drug-likeness (QED) is 0.874. The van der Waals surface area contributed by atoms with Gasteiger partial charge < -0.3 is 10.6 Å². The van der Waals surface area contributed by atoms with Gasteiger partial charge in [0.1, 0.15) is 11.5 Å². The average Bonchev–Trinajstić information content (AvgIpc) is 2.37. The second kappa shape index (κ2) is 5.87. The van der Waals surface area contributed by atoms with Crippen molar-refractivity contribution in [3.63, 3.8) is 0 Å². The first-order valence-electron chi connectivity index (χ1n) is 6.90. The summed E-state index contributed by atoms with van der Waals surface area (Å²) in [7, 11) is 0. The molecule has 1 aromatic carbocycles. The van der Waals surface area contributed by atoms with Crippen molar-refractivity contribution in [2.24, 2.45) is 5.92 Å². The highest BCUT2D eigenvalue weighted by atomic mass is 19.1.